The van der Waals surface area contributed by atoms with Crippen molar-refractivity contribution in [2.75, 3.05) is 13.7 Å². The van der Waals surface area contributed by atoms with Crippen molar-refractivity contribution in [1.29, 1.82) is 0 Å². The number of nitrogens with one attached hydrogen (secondary N) is 2. The molecular weight excluding hydrogens is 254 g/mol. The summed E-state index contributed by atoms with van der Waals surface area (Å²) in [5.74, 6) is -1.10. The molecule has 1 fully saturated rings. The van der Waals surface area contributed by atoms with Crippen molar-refractivity contribution in [3.05, 3.63) is 32.6 Å². The smallest absolute Gasteiger partial charge is 0.328 e. The molecule has 1 saturated heterocycles. The number of hydrogen-bond donors (Lipinski definition) is 2. The van der Waals surface area contributed by atoms with Gasteiger partial charge in [0, 0.05) is 12.7 Å². The Labute approximate surface area is 107 Å². The van der Waals surface area contributed by atoms with Crippen LogP contribution in [-0.4, -0.2) is 46.4 Å². The third-order valence-electron chi connectivity index (χ3n) is 3.04. The molecule has 2 rings (SSSR count). The molecule has 1 atom stereocenters. The number of H-pyrrole nitrogens is 2. The Bertz CT molecular complexity index is 617. The summed E-state index contributed by atoms with van der Waals surface area (Å²) in [6.45, 7) is 0.372. The van der Waals surface area contributed by atoms with Gasteiger partial charge >= 0.3 is 11.7 Å². The van der Waals surface area contributed by atoms with E-state index < -0.39 is 29.2 Å². The Morgan fingerprint density at radius 1 is 1.42 bits per heavy atom. The zero-order valence-electron chi connectivity index (χ0n) is 10.3. The maximum Gasteiger partial charge on any atom is 0.328 e. The summed E-state index contributed by atoms with van der Waals surface area (Å²) < 4.78 is 4.62. The Kier molecular flexibility index (Phi) is 3.50. The van der Waals surface area contributed by atoms with Gasteiger partial charge in [-0.2, -0.15) is 0 Å². The molecule has 0 spiro atoms. The van der Waals surface area contributed by atoms with Crippen molar-refractivity contribution in [3.8, 4) is 0 Å². The average molecular weight is 267 g/mol. The number of carbonyl (C=O) groups excluding carboxylic acids is 2. The molecule has 1 aromatic heterocycles. The van der Waals surface area contributed by atoms with E-state index in [1.54, 1.807) is 0 Å². The van der Waals surface area contributed by atoms with Crippen molar-refractivity contribution in [2.24, 2.45) is 0 Å². The minimum absolute atomic E-state index is 0.199. The minimum Gasteiger partial charge on any atom is -0.467 e. The van der Waals surface area contributed by atoms with Crippen LogP contribution in [0.2, 0.25) is 0 Å². The van der Waals surface area contributed by atoms with Gasteiger partial charge in [0.15, 0.2) is 0 Å². The van der Waals surface area contributed by atoms with E-state index in [2.05, 4.69) is 9.72 Å². The van der Waals surface area contributed by atoms with Crippen LogP contribution < -0.4 is 11.2 Å². The van der Waals surface area contributed by atoms with Crippen LogP contribution in [0.3, 0.4) is 0 Å². The van der Waals surface area contributed by atoms with Crippen LogP contribution in [0.1, 0.15) is 23.2 Å². The van der Waals surface area contributed by atoms with Crippen LogP contribution >= 0.6 is 0 Å². The van der Waals surface area contributed by atoms with E-state index >= 15 is 0 Å². The molecule has 2 heterocycles. The van der Waals surface area contributed by atoms with Gasteiger partial charge in [-0.15, -0.1) is 0 Å². The monoisotopic (exact) mass is 267 g/mol. The summed E-state index contributed by atoms with van der Waals surface area (Å²) in [6.07, 6.45) is 2.21. The van der Waals surface area contributed by atoms with Crippen LogP contribution in [0.4, 0.5) is 0 Å². The molecule has 2 N–H and O–H groups in total. The number of ether oxygens (including phenoxy) is 1. The number of methoxy groups -OCH3 is 1. The first-order valence-electron chi connectivity index (χ1n) is 5.75. The summed E-state index contributed by atoms with van der Waals surface area (Å²) in [4.78, 5) is 51.7. The molecule has 0 saturated carbocycles. The Morgan fingerprint density at radius 2 is 2.16 bits per heavy atom. The Hall–Kier alpha value is -2.38. The van der Waals surface area contributed by atoms with E-state index in [4.69, 9.17) is 0 Å². The second-order valence-corrected chi connectivity index (χ2v) is 4.17. The highest BCUT2D eigenvalue weighted by Gasteiger charge is 2.36. The predicted molar refractivity (Wildman–Crippen MR) is 63.8 cm³/mol. The Morgan fingerprint density at radius 3 is 2.79 bits per heavy atom. The molecule has 102 valence electrons. The summed E-state index contributed by atoms with van der Waals surface area (Å²) in [7, 11) is 1.25. The lowest BCUT2D eigenvalue weighted by Crippen LogP contribution is -2.43. The van der Waals surface area contributed by atoms with Gasteiger partial charge in [0.25, 0.3) is 11.5 Å². The zero-order valence-corrected chi connectivity index (χ0v) is 10.3. The highest BCUT2D eigenvalue weighted by atomic mass is 16.5. The highest BCUT2D eigenvalue weighted by molar-refractivity contribution is 5.96. The van der Waals surface area contributed by atoms with E-state index in [1.807, 2.05) is 4.98 Å². The SMILES string of the molecule is COC(=O)C1CCCN1C(=O)c1c[nH]c(=O)[nH]c1=O. The lowest BCUT2D eigenvalue weighted by molar-refractivity contribution is -0.145. The van der Waals surface area contributed by atoms with E-state index in [-0.39, 0.29) is 5.56 Å². The van der Waals surface area contributed by atoms with Gasteiger partial charge in [0.1, 0.15) is 11.6 Å². The summed E-state index contributed by atoms with van der Waals surface area (Å²) in [5, 5.41) is 0. The molecule has 0 radical (unpaired) electrons. The quantitative estimate of drug-likeness (QED) is 0.656. The van der Waals surface area contributed by atoms with Crippen molar-refractivity contribution >= 4 is 11.9 Å². The largest absolute Gasteiger partial charge is 0.467 e. The number of aromatic amines is 2. The first kappa shape index (κ1) is 13.1. The number of hydrogen-bond acceptors (Lipinski definition) is 5. The predicted octanol–water partition coefficient (Wildman–Crippen LogP) is -1.16. The van der Waals surface area contributed by atoms with Gasteiger partial charge in [0.05, 0.1) is 7.11 Å². The fourth-order valence-electron chi connectivity index (χ4n) is 2.11. The Balaban J connectivity index is 2.31. The first-order chi connectivity index (χ1) is 9.04. The lowest BCUT2D eigenvalue weighted by Gasteiger charge is -2.22. The van der Waals surface area contributed by atoms with Crippen LogP contribution in [0, 0.1) is 0 Å². The molecule has 0 aromatic carbocycles. The number of carbonyl (C=O) groups is 2. The second-order valence-electron chi connectivity index (χ2n) is 4.17. The van der Waals surface area contributed by atoms with Gasteiger partial charge in [-0.05, 0) is 12.8 Å². The topological polar surface area (TPSA) is 112 Å². The molecule has 8 heteroatoms. The van der Waals surface area contributed by atoms with Crippen molar-refractivity contribution < 1.29 is 14.3 Å². The molecule has 1 amide bonds. The lowest BCUT2D eigenvalue weighted by atomic mass is 10.2. The number of aromatic nitrogens is 2. The number of likely N-dealkylation sites (tertiary alicyclic amines) is 1. The summed E-state index contributed by atoms with van der Waals surface area (Å²) in [5.41, 5.74) is -1.66. The molecule has 1 unspecified atom stereocenters. The van der Waals surface area contributed by atoms with E-state index in [9.17, 15) is 19.2 Å². The van der Waals surface area contributed by atoms with Crippen molar-refractivity contribution in [1.82, 2.24) is 14.9 Å². The fraction of sp³-hybridized carbons (Fsp3) is 0.455. The summed E-state index contributed by atoms with van der Waals surface area (Å²) in [6, 6.07) is -0.677. The molecule has 19 heavy (non-hydrogen) atoms. The molecule has 8 nitrogen and oxygen atoms in total. The van der Waals surface area contributed by atoms with E-state index in [0.29, 0.717) is 19.4 Å². The third kappa shape index (κ3) is 2.42. The molecule has 1 aromatic rings. The van der Waals surface area contributed by atoms with Gasteiger partial charge in [-0.1, -0.05) is 0 Å². The standard InChI is InChI=1S/C11H13N3O5/c1-19-10(17)7-3-2-4-14(7)9(16)6-5-12-11(18)13-8(6)15/h5,7H,2-4H2,1H3,(H2,12,13,15,18). The highest BCUT2D eigenvalue weighted by Crippen LogP contribution is 2.19. The molecule has 1 aliphatic heterocycles. The molecule has 0 bridgehead atoms. The van der Waals surface area contributed by atoms with Crippen molar-refractivity contribution in [2.45, 2.75) is 18.9 Å². The third-order valence-corrected chi connectivity index (χ3v) is 3.04. The number of rotatable bonds is 2. The average Bonchev–Trinajstić information content (AvgIpc) is 2.86. The minimum atomic E-state index is -0.774. The second kappa shape index (κ2) is 5.09. The normalized spacial score (nSPS) is 18.4. The maximum absolute atomic E-state index is 12.2. The van der Waals surface area contributed by atoms with Gasteiger partial charge in [0.2, 0.25) is 0 Å². The van der Waals surface area contributed by atoms with Crippen molar-refractivity contribution in [3.63, 3.8) is 0 Å². The number of esters is 1. The first-order valence-corrected chi connectivity index (χ1v) is 5.75. The molecule has 1 aliphatic rings. The van der Waals surface area contributed by atoms with Crippen LogP contribution in [0.5, 0.6) is 0 Å². The molecule has 0 aliphatic carbocycles. The maximum atomic E-state index is 12.2. The zero-order chi connectivity index (χ0) is 14.0. The van der Waals surface area contributed by atoms with Gasteiger partial charge < -0.3 is 14.6 Å². The van der Waals surface area contributed by atoms with E-state index in [1.165, 1.54) is 12.0 Å². The fourth-order valence-corrected chi connectivity index (χ4v) is 2.11. The van der Waals surface area contributed by atoms with Gasteiger partial charge in [-0.3, -0.25) is 14.6 Å². The number of amides is 1. The number of nitrogens with zero attached hydrogens (tertiary/aromatic N) is 1. The van der Waals surface area contributed by atoms with Crippen LogP contribution in [-0.2, 0) is 9.53 Å². The molecular formula is C11H13N3O5. The summed E-state index contributed by atoms with van der Waals surface area (Å²) >= 11 is 0. The van der Waals surface area contributed by atoms with E-state index in [0.717, 1.165) is 6.20 Å². The van der Waals surface area contributed by atoms with Crippen LogP contribution in [0.15, 0.2) is 15.8 Å². The van der Waals surface area contributed by atoms with Crippen LogP contribution in [0.25, 0.3) is 0 Å². The van der Waals surface area contributed by atoms with Gasteiger partial charge in [-0.25, -0.2) is 9.59 Å².